The first-order chi connectivity index (χ1) is 12.9. The number of hydrogen-bond acceptors (Lipinski definition) is 0. The van der Waals surface area contributed by atoms with Crippen LogP contribution in [0.2, 0.25) is 0 Å². The molecule has 2 heteroatoms. The minimum absolute atomic E-state index is 1.20. The van der Waals surface area contributed by atoms with Crippen LogP contribution in [0.15, 0.2) is 72.8 Å². The van der Waals surface area contributed by atoms with E-state index in [4.69, 9.17) is 0 Å². The Morgan fingerprint density at radius 1 is 0.385 bits per heavy atom. The van der Waals surface area contributed by atoms with E-state index in [0.717, 1.165) is 0 Å². The minimum atomic E-state index is 1.20. The van der Waals surface area contributed by atoms with Gasteiger partial charge in [-0.2, -0.15) is 0 Å². The Kier molecular flexibility index (Phi) is 2.05. The summed E-state index contributed by atoms with van der Waals surface area (Å²) in [5.41, 5.74) is 4.83. The molecule has 0 spiro atoms. The lowest BCUT2D eigenvalue weighted by atomic mass is 9.93. The molecule has 0 aliphatic carbocycles. The van der Waals surface area contributed by atoms with Crippen molar-refractivity contribution >= 4 is 65.2 Å². The van der Waals surface area contributed by atoms with Gasteiger partial charge in [0.05, 0.1) is 0 Å². The topological polar surface area (TPSA) is 31.6 Å². The van der Waals surface area contributed by atoms with E-state index in [-0.39, 0.29) is 0 Å². The number of rotatable bonds is 0. The maximum Gasteiger partial charge on any atom is 0.0471 e. The molecular formula is C24H14N2. The summed E-state index contributed by atoms with van der Waals surface area (Å²) in [6, 6.07) is 26.4. The van der Waals surface area contributed by atoms with Crippen LogP contribution in [-0.2, 0) is 0 Å². The molecule has 0 fully saturated rings. The monoisotopic (exact) mass is 330 g/mol. The van der Waals surface area contributed by atoms with E-state index >= 15 is 0 Å². The average molecular weight is 330 g/mol. The third kappa shape index (κ3) is 1.36. The fraction of sp³-hybridized carbons (Fsp3) is 0. The van der Waals surface area contributed by atoms with Crippen molar-refractivity contribution in [1.29, 1.82) is 0 Å². The van der Waals surface area contributed by atoms with E-state index in [1.807, 2.05) is 0 Å². The number of aromatic nitrogens is 2. The molecule has 0 radical (unpaired) electrons. The molecule has 0 aliphatic heterocycles. The Bertz CT molecular complexity index is 1630. The molecule has 2 aromatic heterocycles. The van der Waals surface area contributed by atoms with Crippen LogP contribution >= 0.6 is 0 Å². The molecule has 0 amide bonds. The van der Waals surface area contributed by atoms with Gasteiger partial charge in [0.2, 0.25) is 0 Å². The Morgan fingerprint density at radius 3 is 1.73 bits per heavy atom. The van der Waals surface area contributed by atoms with Crippen molar-refractivity contribution in [2.24, 2.45) is 0 Å². The van der Waals surface area contributed by atoms with Crippen LogP contribution in [-0.4, -0.2) is 9.97 Å². The van der Waals surface area contributed by atoms with Crippen molar-refractivity contribution in [1.82, 2.24) is 9.97 Å². The summed E-state index contributed by atoms with van der Waals surface area (Å²) in [6.45, 7) is 0. The fourth-order valence-corrected chi connectivity index (χ4v) is 4.79. The predicted octanol–water partition coefficient (Wildman–Crippen LogP) is 6.70. The quantitative estimate of drug-likeness (QED) is 0.290. The van der Waals surface area contributed by atoms with Gasteiger partial charge in [-0.05, 0) is 51.9 Å². The molecule has 7 rings (SSSR count). The van der Waals surface area contributed by atoms with Crippen LogP contribution < -0.4 is 0 Å². The second-order valence-corrected chi connectivity index (χ2v) is 7.20. The molecule has 26 heavy (non-hydrogen) atoms. The third-order valence-corrected chi connectivity index (χ3v) is 5.87. The largest absolute Gasteiger partial charge is 0.354 e. The number of aromatic amines is 2. The van der Waals surface area contributed by atoms with Crippen LogP contribution in [0.4, 0.5) is 0 Å². The first kappa shape index (κ1) is 12.8. The zero-order valence-corrected chi connectivity index (χ0v) is 13.9. The van der Waals surface area contributed by atoms with Gasteiger partial charge in [-0.15, -0.1) is 0 Å². The average Bonchev–Trinajstić information content (AvgIpc) is 3.24. The van der Waals surface area contributed by atoms with Crippen LogP contribution in [0, 0.1) is 0 Å². The zero-order valence-electron chi connectivity index (χ0n) is 13.9. The van der Waals surface area contributed by atoms with Crippen LogP contribution in [0.1, 0.15) is 0 Å². The third-order valence-electron chi connectivity index (χ3n) is 5.87. The van der Waals surface area contributed by atoms with Gasteiger partial charge in [0.25, 0.3) is 0 Å². The summed E-state index contributed by atoms with van der Waals surface area (Å²) in [5, 5.41) is 10.6. The van der Waals surface area contributed by atoms with Gasteiger partial charge in [-0.25, -0.2) is 0 Å². The van der Waals surface area contributed by atoms with E-state index in [1.165, 1.54) is 65.2 Å². The van der Waals surface area contributed by atoms with Crippen molar-refractivity contribution in [3.8, 4) is 0 Å². The molecule has 0 saturated heterocycles. The highest BCUT2D eigenvalue weighted by molar-refractivity contribution is 6.35. The van der Waals surface area contributed by atoms with Gasteiger partial charge in [0.15, 0.2) is 0 Å². The molecule has 2 nitrogen and oxygen atoms in total. The van der Waals surface area contributed by atoms with Crippen molar-refractivity contribution in [3.63, 3.8) is 0 Å². The normalized spacial score (nSPS) is 12.6. The lowest BCUT2D eigenvalue weighted by Gasteiger charge is -2.09. The number of para-hydroxylation sites is 1. The highest BCUT2D eigenvalue weighted by atomic mass is 14.7. The van der Waals surface area contributed by atoms with Crippen molar-refractivity contribution in [2.45, 2.75) is 0 Å². The molecule has 7 aromatic rings. The maximum atomic E-state index is 3.59. The lowest BCUT2D eigenvalue weighted by Crippen LogP contribution is -1.82. The Balaban J connectivity index is 1.87. The molecule has 0 atom stereocenters. The van der Waals surface area contributed by atoms with E-state index in [1.54, 1.807) is 0 Å². The van der Waals surface area contributed by atoms with Gasteiger partial charge in [-0.3, -0.25) is 0 Å². The van der Waals surface area contributed by atoms with Gasteiger partial charge in [-0.1, -0.05) is 42.5 Å². The predicted molar refractivity (Wildman–Crippen MR) is 111 cm³/mol. The molecule has 0 saturated carbocycles. The first-order valence-corrected chi connectivity index (χ1v) is 8.97. The molecular weight excluding hydrogens is 316 g/mol. The van der Waals surface area contributed by atoms with E-state index in [0.29, 0.717) is 0 Å². The number of nitrogens with one attached hydrogen (secondary N) is 2. The first-order valence-electron chi connectivity index (χ1n) is 8.97. The van der Waals surface area contributed by atoms with Crippen molar-refractivity contribution < 1.29 is 0 Å². The van der Waals surface area contributed by atoms with Crippen LogP contribution in [0.3, 0.4) is 0 Å². The summed E-state index contributed by atoms with van der Waals surface area (Å²) in [6.07, 6.45) is 0. The number of hydrogen-bond donors (Lipinski definition) is 2. The summed E-state index contributed by atoms with van der Waals surface area (Å²) < 4.78 is 0. The highest BCUT2D eigenvalue weighted by Gasteiger charge is 2.16. The van der Waals surface area contributed by atoms with Crippen molar-refractivity contribution in [2.75, 3.05) is 0 Å². The fourth-order valence-electron chi connectivity index (χ4n) is 4.79. The van der Waals surface area contributed by atoms with Gasteiger partial charge >= 0.3 is 0 Å². The summed E-state index contributed by atoms with van der Waals surface area (Å²) >= 11 is 0. The molecule has 0 unspecified atom stereocenters. The van der Waals surface area contributed by atoms with E-state index < -0.39 is 0 Å². The van der Waals surface area contributed by atoms with Gasteiger partial charge < -0.3 is 9.97 Å². The number of benzene rings is 5. The Labute approximate surface area is 148 Å². The van der Waals surface area contributed by atoms with Gasteiger partial charge in [0.1, 0.15) is 0 Å². The summed E-state index contributed by atoms with van der Waals surface area (Å²) in [5.74, 6) is 0. The van der Waals surface area contributed by atoms with Crippen molar-refractivity contribution in [3.05, 3.63) is 72.8 Å². The molecule has 0 bridgehead atoms. The smallest absolute Gasteiger partial charge is 0.0471 e. The highest BCUT2D eigenvalue weighted by Crippen LogP contribution is 2.42. The number of H-pyrrole nitrogens is 2. The summed E-state index contributed by atoms with van der Waals surface area (Å²) in [7, 11) is 0. The summed E-state index contributed by atoms with van der Waals surface area (Å²) in [4.78, 5) is 7.19. The molecule has 0 aliphatic rings. The second kappa shape index (κ2) is 4.17. The second-order valence-electron chi connectivity index (χ2n) is 7.20. The van der Waals surface area contributed by atoms with E-state index in [9.17, 15) is 0 Å². The Hall–Kier alpha value is -3.52. The molecule has 5 aromatic carbocycles. The molecule has 2 heterocycles. The maximum absolute atomic E-state index is 3.59. The lowest BCUT2D eigenvalue weighted by molar-refractivity contribution is 1.55. The van der Waals surface area contributed by atoms with Crippen LogP contribution in [0.25, 0.3) is 65.2 Å². The van der Waals surface area contributed by atoms with Crippen LogP contribution in [0.5, 0.6) is 0 Å². The zero-order chi connectivity index (χ0) is 16.8. The molecule has 2 N–H and O–H groups in total. The number of fused-ring (bicyclic) bond motifs is 6. The van der Waals surface area contributed by atoms with Gasteiger partial charge in [0, 0.05) is 43.6 Å². The molecule has 120 valence electrons. The SMILES string of the molecule is c1ccc2c(c1)[nH]c1cc3c(cc12)c1cccc2[nH]c4cccc3c4c21. The van der Waals surface area contributed by atoms with E-state index in [2.05, 4.69) is 82.8 Å². The Morgan fingerprint density at radius 2 is 0.962 bits per heavy atom. The standard InChI is InChI=1S/C24H14N2/c1-2-8-19-13(5-1)18-11-16-14-6-3-9-20-23(14)24-15(7-4-10-21(24)26-20)17(16)12-22(18)25-19/h1-12,25-26H. The minimum Gasteiger partial charge on any atom is -0.354 e.